The summed E-state index contributed by atoms with van der Waals surface area (Å²) in [6.45, 7) is 0. The van der Waals surface area contributed by atoms with E-state index < -0.39 is 0 Å². The Hall–Kier alpha value is 13.9. The lowest BCUT2D eigenvalue weighted by molar-refractivity contribution is 0.701. The van der Waals surface area contributed by atoms with Gasteiger partial charge in [-0.25, -0.2) is 0 Å². The first-order valence-electron chi connectivity index (χ1n) is 5.59. The van der Waals surface area contributed by atoms with Crippen LogP contribution in [-0.4, -0.2) is 7.44 Å². The van der Waals surface area contributed by atoms with E-state index in [1.54, 1.807) is 0 Å². The van der Waals surface area contributed by atoms with Crippen molar-refractivity contribution in [3.05, 3.63) is 3.92 Å². The van der Waals surface area contributed by atoms with Crippen LogP contribution in [0.5, 0.6) is 0 Å². The molecule has 0 aliphatic heterocycles. The van der Waals surface area contributed by atoms with Crippen LogP contribution >= 0.6 is 429 Å². The molecule has 28 heavy (non-hydrogen) atoms. The summed E-state index contributed by atoms with van der Waals surface area (Å²) in [4.78, 5) is 0. The standard InChI is InChI=1S/C9I19/c10-1(3(13,14)15)2(11,12)4(16,17)5(18,19)6(20,21)7(22,23)8(24,25)9(26,27)28. The van der Waals surface area contributed by atoms with E-state index in [-0.39, 0.29) is 7.44 Å². The zero-order valence-corrected chi connectivity index (χ0v) is 52.7. The van der Waals surface area contributed by atoms with E-state index in [1.807, 2.05) is 0 Å². The van der Waals surface area contributed by atoms with Gasteiger partial charge in [0.25, 0.3) is 0 Å². The van der Waals surface area contributed by atoms with Gasteiger partial charge in [-0.15, -0.1) is 0 Å². The fourth-order valence-corrected chi connectivity index (χ4v) is 28.2. The fraction of sp³-hybridized carbons (Fsp3) is 0.889. The van der Waals surface area contributed by atoms with Crippen molar-refractivity contribution in [3.63, 3.8) is 0 Å². The predicted molar refractivity (Wildman–Crippen MR) is 291 cm³/mol. The maximum absolute atomic E-state index is 2.74. The van der Waals surface area contributed by atoms with E-state index in [0.29, 0.717) is 0 Å². The molecule has 0 fully saturated rings. The SMILES string of the molecule is I[C](C(I)(I)I)C(I)(I)C(I)(I)C(I)(I)C(I)(I)C(I)(I)C(I)(I)C(I)(I)I. The molecule has 19 heteroatoms. The molecule has 0 bridgehead atoms. The molecule has 0 aromatic carbocycles. The summed E-state index contributed by atoms with van der Waals surface area (Å²) >= 11 is 50.6. The van der Waals surface area contributed by atoms with Gasteiger partial charge in [-0.2, -0.15) is 0 Å². The molecule has 0 N–H and O–H groups in total. The van der Waals surface area contributed by atoms with E-state index in [2.05, 4.69) is 429 Å². The minimum Gasteiger partial charge on any atom is -0.0716 e. The van der Waals surface area contributed by atoms with Crippen molar-refractivity contribution < 1.29 is 0 Å². The molecule has 0 aromatic heterocycles. The van der Waals surface area contributed by atoms with Gasteiger partial charge in [-0.05, 0) is 0 Å². The molecule has 0 rings (SSSR count). The Morgan fingerprint density at radius 3 is 0.857 bits per heavy atom. The van der Waals surface area contributed by atoms with Crippen LogP contribution in [0, 0.1) is 3.92 Å². The highest BCUT2D eigenvalue weighted by molar-refractivity contribution is 14.3. The first kappa shape index (κ1) is 41.9. The monoisotopic (exact) mass is 2520 g/mol. The topological polar surface area (TPSA) is 0 Å². The van der Waals surface area contributed by atoms with Gasteiger partial charge in [0.05, 0.1) is 0 Å². The van der Waals surface area contributed by atoms with Crippen molar-refractivity contribution in [1.29, 1.82) is 0 Å². The Balaban J connectivity index is 6.64. The summed E-state index contributed by atoms with van der Waals surface area (Å²) in [5.41, 5.74) is 0. The zero-order chi connectivity index (χ0) is 23.6. The molecule has 0 heterocycles. The number of alkyl halides is 18. The number of hydrogen-bond acceptors (Lipinski definition) is 0. The molecular formula is C9I19. The summed E-state index contributed by atoms with van der Waals surface area (Å²) < 4.78 is 1.35. The highest BCUT2D eigenvalue weighted by atomic mass is 127. The smallest absolute Gasteiger partial charge is 0.0716 e. The van der Waals surface area contributed by atoms with Crippen LogP contribution in [0.4, 0.5) is 0 Å². The number of halogens is 19. The molecule has 0 aliphatic carbocycles. The molecule has 0 saturated heterocycles. The average Bonchev–Trinajstić information content (AvgIpc) is 2.42. The van der Waals surface area contributed by atoms with E-state index in [9.17, 15) is 0 Å². The Morgan fingerprint density at radius 2 is 0.607 bits per heavy atom. The normalized spacial score (nSPS) is 16.7. The van der Waals surface area contributed by atoms with Crippen molar-refractivity contribution in [2.45, 2.75) is 7.44 Å². The highest BCUT2D eigenvalue weighted by Gasteiger charge is 2.76. The van der Waals surface area contributed by atoms with Crippen LogP contribution in [0.2, 0.25) is 0 Å². The Bertz CT molecular complexity index is 561. The van der Waals surface area contributed by atoms with Gasteiger partial charge in [0.1, 0.15) is 11.4 Å². The van der Waals surface area contributed by atoms with Gasteiger partial charge in [0.2, 0.25) is 0 Å². The third-order valence-electron chi connectivity index (χ3n) is 2.85. The average molecular weight is 2520 g/mol. The van der Waals surface area contributed by atoms with Crippen LogP contribution in [0.1, 0.15) is 0 Å². The Morgan fingerprint density at radius 1 is 0.357 bits per heavy atom. The Labute approximate surface area is 426 Å². The lowest BCUT2D eigenvalue weighted by Crippen LogP contribution is -2.66. The minimum atomic E-state index is -0.0646. The van der Waals surface area contributed by atoms with Crippen LogP contribution in [-0.2, 0) is 0 Å². The van der Waals surface area contributed by atoms with Gasteiger partial charge in [0, 0.05) is 0 Å². The first-order chi connectivity index (χ1) is 11.7. The van der Waals surface area contributed by atoms with Crippen molar-refractivity contribution in [2.24, 2.45) is 0 Å². The summed E-state index contributed by atoms with van der Waals surface area (Å²) in [5.74, 6) is 0. The molecular weight excluding hydrogens is 2520 g/mol. The fourth-order valence-electron chi connectivity index (χ4n) is 1.28. The summed E-state index contributed by atoms with van der Waals surface area (Å²) in [5, 5.41) is 0. The molecule has 0 aromatic rings. The van der Waals surface area contributed by atoms with Crippen molar-refractivity contribution in [1.82, 2.24) is 0 Å². The maximum Gasteiger partial charge on any atom is 0.149 e. The van der Waals surface area contributed by atoms with Crippen molar-refractivity contribution in [2.75, 3.05) is 0 Å². The second-order valence-electron chi connectivity index (χ2n) is 4.76. The number of hydrogen-bond donors (Lipinski definition) is 0. The summed E-state index contributed by atoms with van der Waals surface area (Å²) in [7, 11) is 0. The van der Waals surface area contributed by atoms with Gasteiger partial charge >= 0.3 is 0 Å². The summed E-state index contributed by atoms with van der Waals surface area (Å²) in [6.07, 6.45) is 0. The van der Waals surface area contributed by atoms with Crippen LogP contribution in [0.15, 0.2) is 0 Å². The van der Waals surface area contributed by atoms with Gasteiger partial charge in [-0.1, -0.05) is 429 Å². The van der Waals surface area contributed by atoms with Crippen LogP contribution in [0.25, 0.3) is 0 Å². The van der Waals surface area contributed by atoms with E-state index in [4.69, 9.17) is 0 Å². The molecule has 0 saturated carbocycles. The van der Waals surface area contributed by atoms with Crippen molar-refractivity contribution in [3.8, 4) is 0 Å². The van der Waals surface area contributed by atoms with Crippen LogP contribution < -0.4 is 0 Å². The largest absolute Gasteiger partial charge is 0.149 e. The Kier molecular flexibility index (Phi) is 23.1. The molecule has 0 aliphatic rings. The molecule has 0 nitrogen and oxygen atoms in total. The third kappa shape index (κ3) is 9.44. The van der Waals surface area contributed by atoms with Gasteiger partial charge in [0.15, 0.2) is 0 Å². The molecule has 0 amide bonds. The molecule has 0 spiro atoms. The molecule has 0 atom stereocenters. The second kappa shape index (κ2) is 15.4. The first-order valence-corrected chi connectivity index (χ1v) is 26.1. The predicted octanol–water partition coefficient (Wildman–Crippen LogP) is 15.3. The van der Waals surface area contributed by atoms with E-state index >= 15 is 0 Å². The lowest BCUT2D eigenvalue weighted by atomic mass is 10.1. The molecule has 169 valence electrons. The van der Waals surface area contributed by atoms with Crippen molar-refractivity contribution >= 4 is 429 Å². The van der Waals surface area contributed by atoms with Gasteiger partial charge < -0.3 is 0 Å². The minimum absolute atomic E-state index is 0.0152. The number of rotatable bonds is 8. The lowest BCUT2D eigenvalue weighted by Gasteiger charge is -2.57. The van der Waals surface area contributed by atoms with Crippen LogP contribution in [0.3, 0.4) is 0 Å². The molecule has 0 unspecified atom stereocenters. The highest BCUT2D eigenvalue weighted by Crippen LogP contribution is 2.79. The molecule has 1 radical (unpaired) electrons. The van der Waals surface area contributed by atoms with E-state index in [1.165, 1.54) is 3.92 Å². The summed E-state index contributed by atoms with van der Waals surface area (Å²) in [6, 6.07) is 0. The quantitative estimate of drug-likeness (QED) is 0.168. The maximum atomic E-state index is 2.74. The van der Waals surface area contributed by atoms with Gasteiger partial charge in [-0.3, -0.25) is 0 Å². The van der Waals surface area contributed by atoms with E-state index in [0.717, 1.165) is 0 Å². The third-order valence-corrected chi connectivity index (χ3v) is 59.4. The zero-order valence-electron chi connectivity index (χ0n) is 11.7. The second-order valence-corrected chi connectivity index (χ2v) is 59.7.